The number of hydrogen-bond donors (Lipinski definition) is 1. The van der Waals surface area contributed by atoms with E-state index in [1.807, 2.05) is 25.1 Å². The Hall–Kier alpha value is -1.23. The number of nitrogens with one attached hydrogen (secondary N) is 1. The van der Waals surface area contributed by atoms with Crippen LogP contribution in [0.4, 0.5) is 5.69 Å². The van der Waals surface area contributed by atoms with Gasteiger partial charge in [0.1, 0.15) is 5.75 Å². The van der Waals surface area contributed by atoms with Gasteiger partial charge in [0.15, 0.2) is 6.10 Å². The Morgan fingerprint density at radius 2 is 1.95 bits per heavy atom. The van der Waals surface area contributed by atoms with Gasteiger partial charge in [0.05, 0.1) is 10.7 Å². The van der Waals surface area contributed by atoms with Gasteiger partial charge < -0.3 is 10.1 Å². The van der Waals surface area contributed by atoms with Gasteiger partial charge in [-0.1, -0.05) is 29.3 Å². The van der Waals surface area contributed by atoms with E-state index in [1.54, 1.807) is 25.1 Å². The number of halogens is 3. The predicted octanol–water partition coefficient (Wildman–Crippen LogP) is 5.47. The summed E-state index contributed by atoms with van der Waals surface area (Å²) in [6.07, 6.45) is -0.702. The minimum Gasteiger partial charge on any atom is -0.479 e. The lowest BCUT2D eigenvalue weighted by atomic mass is 10.2. The standard InChI is InChI=1S/C16H14BrCl2NO2/c1-9-3-5-14(12(17)7-9)20-16(21)10(2)22-15-6-4-11(18)8-13(15)19/h3-8,10H,1-2H3,(H,20,21). The maximum Gasteiger partial charge on any atom is 0.265 e. The van der Waals surface area contributed by atoms with Gasteiger partial charge in [-0.25, -0.2) is 0 Å². The van der Waals surface area contributed by atoms with Crippen LogP contribution in [0.15, 0.2) is 40.9 Å². The van der Waals surface area contributed by atoms with E-state index >= 15 is 0 Å². The topological polar surface area (TPSA) is 38.3 Å². The fraction of sp³-hybridized carbons (Fsp3) is 0.188. The Kier molecular flexibility index (Phi) is 5.73. The fourth-order valence-electron chi connectivity index (χ4n) is 1.77. The van der Waals surface area contributed by atoms with E-state index in [1.165, 1.54) is 0 Å². The second kappa shape index (κ2) is 7.36. The first-order valence-electron chi connectivity index (χ1n) is 6.55. The Labute approximate surface area is 147 Å². The monoisotopic (exact) mass is 401 g/mol. The Bertz CT molecular complexity index is 707. The van der Waals surface area contributed by atoms with Gasteiger partial charge in [0.25, 0.3) is 5.91 Å². The zero-order chi connectivity index (χ0) is 16.3. The van der Waals surface area contributed by atoms with Crippen LogP contribution in [0.5, 0.6) is 5.75 Å². The fourth-order valence-corrected chi connectivity index (χ4v) is 2.82. The van der Waals surface area contributed by atoms with E-state index in [-0.39, 0.29) is 5.91 Å². The number of carbonyl (C=O) groups is 1. The molecule has 116 valence electrons. The van der Waals surface area contributed by atoms with E-state index in [2.05, 4.69) is 21.2 Å². The van der Waals surface area contributed by atoms with Crippen LogP contribution in [0.1, 0.15) is 12.5 Å². The van der Waals surface area contributed by atoms with E-state index in [0.717, 1.165) is 10.0 Å². The lowest BCUT2D eigenvalue weighted by molar-refractivity contribution is -0.122. The van der Waals surface area contributed by atoms with Crippen molar-refractivity contribution in [3.05, 3.63) is 56.5 Å². The molecule has 0 radical (unpaired) electrons. The molecule has 0 fully saturated rings. The molecular weight excluding hydrogens is 389 g/mol. The highest BCUT2D eigenvalue weighted by Crippen LogP contribution is 2.29. The van der Waals surface area contributed by atoms with Crippen molar-refractivity contribution in [3.63, 3.8) is 0 Å². The summed E-state index contributed by atoms with van der Waals surface area (Å²) in [7, 11) is 0. The molecule has 0 heterocycles. The minimum absolute atomic E-state index is 0.268. The van der Waals surface area contributed by atoms with Gasteiger partial charge in [-0.2, -0.15) is 0 Å². The molecule has 0 bridgehead atoms. The zero-order valence-electron chi connectivity index (χ0n) is 12.0. The molecule has 0 saturated carbocycles. The summed E-state index contributed by atoms with van der Waals surface area (Å²) < 4.78 is 6.40. The van der Waals surface area contributed by atoms with Crippen molar-refractivity contribution >= 4 is 50.7 Å². The van der Waals surface area contributed by atoms with Gasteiger partial charge >= 0.3 is 0 Å². The summed E-state index contributed by atoms with van der Waals surface area (Å²) in [6, 6.07) is 10.5. The van der Waals surface area contributed by atoms with Crippen molar-refractivity contribution in [2.24, 2.45) is 0 Å². The van der Waals surface area contributed by atoms with Crippen LogP contribution >= 0.6 is 39.1 Å². The van der Waals surface area contributed by atoms with Gasteiger partial charge in [-0.05, 0) is 65.7 Å². The molecule has 0 spiro atoms. The van der Waals surface area contributed by atoms with Gasteiger partial charge in [-0.3, -0.25) is 4.79 Å². The number of aryl methyl sites for hydroxylation is 1. The van der Waals surface area contributed by atoms with Gasteiger partial charge in [0.2, 0.25) is 0 Å². The van der Waals surface area contributed by atoms with Crippen LogP contribution in [0.2, 0.25) is 10.0 Å². The zero-order valence-corrected chi connectivity index (χ0v) is 15.1. The second-order valence-electron chi connectivity index (χ2n) is 4.81. The van der Waals surface area contributed by atoms with Gasteiger partial charge in [-0.15, -0.1) is 0 Å². The lowest BCUT2D eigenvalue weighted by Crippen LogP contribution is -2.30. The van der Waals surface area contributed by atoms with Crippen molar-refractivity contribution in [1.82, 2.24) is 0 Å². The summed E-state index contributed by atoms with van der Waals surface area (Å²) in [5.41, 5.74) is 1.79. The Morgan fingerprint density at radius 3 is 2.59 bits per heavy atom. The number of anilines is 1. The number of hydrogen-bond acceptors (Lipinski definition) is 2. The number of rotatable bonds is 4. The van der Waals surface area contributed by atoms with Crippen LogP contribution in [0, 0.1) is 6.92 Å². The largest absolute Gasteiger partial charge is 0.479 e. The molecule has 3 nitrogen and oxygen atoms in total. The lowest BCUT2D eigenvalue weighted by Gasteiger charge is -2.16. The molecule has 0 aliphatic carbocycles. The number of amides is 1. The van der Waals surface area contributed by atoms with Crippen LogP contribution in [-0.4, -0.2) is 12.0 Å². The third kappa shape index (κ3) is 4.38. The van der Waals surface area contributed by atoms with E-state index in [9.17, 15) is 4.79 Å². The first-order chi connectivity index (χ1) is 10.4. The molecule has 0 saturated heterocycles. The minimum atomic E-state index is -0.702. The predicted molar refractivity (Wildman–Crippen MR) is 94.1 cm³/mol. The molecule has 1 atom stereocenters. The van der Waals surface area contributed by atoms with Crippen LogP contribution < -0.4 is 10.1 Å². The highest BCUT2D eigenvalue weighted by molar-refractivity contribution is 9.10. The number of ether oxygens (including phenoxy) is 1. The average molecular weight is 403 g/mol. The highest BCUT2D eigenvalue weighted by Gasteiger charge is 2.17. The Balaban J connectivity index is 2.05. The summed E-state index contributed by atoms with van der Waals surface area (Å²) in [6.45, 7) is 3.63. The molecule has 1 amide bonds. The molecule has 2 aromatic carbocycles. The van der Waals surface area contributed by atoms with E-state index in [0.29, 0.717) is 21.5 Å². The number of carbonyl (C=O) groups excluding carboxylic acids is 1. The molecule has 0 aliphatic rings. The first-order valence-corrected chi connectivity index (χ1v) is 8.10. The molecular formula is C16H14BrCl2NO2. The second-order valence-corrected chi connectivity index (χ2v) is 6.51. The first kappa shape index (κ1) is 17.1. The van der Waals surface area contributed by atoms with Crippen LogP contribution in [-0.2, 0) is 4.79 Å². The molecule has 1 N–H and O–H groups in total. The molecule has 6 heteroatoms. The maximum atomic E-state index is 12.2. The molecule has 2 rings (SSSR count). The normalized spacial score (nSPS) is 11.9. The van der Waals surface area contributed by atoms with E-state index < -0.39 is 6.10 Å². The molecule has 0 aliphatic heterocycles. The van der Waals surface area contributed by atoms with Crippen LogP contribution in [0.3, 0.4) is 0 Å². The Morgan fingerprint density at radius 1 is 1.23 bits per heavy atom. The third-order valence-electron chi connectivity index (χ3n) is 2.95. The molecule has 22 heavy (non-hydrogen) atoms. The van der Waals surface area contributed by atoms with E-state index in [4.69, 9.17) is 27.9 Å². The quantitative estimate of drug-likeness (QED) is 0.736. The molecule has 2 aromatic rings. The number of benzene rings is 2. The van der Waals surface area contributed by atoms with Gasteiger partial charge in [0, 0.05) is 9.50 Å². The van der Waals surface area contributed by atoms with Crippen molar-refractivity contribution in [1.29, 1.82) is 0 Å². The third-order valence-corrected chi connectivity index (χ3v) is 4.14. The van der Waals surface area contributed by atoms with Crippen molar-refractivity contribution in [2.45, 2.75) is 20.0 Å². The summed E-state index contributed by atoms with van der Waals surface area (Å²) in [5, 5.41) is 3.68. The molecule has 0 aromatic heterocycles. The van der Waals surface area contributed by atoms with Crippen LogP contribution in [0.25, 0.3) is 0 Å². The highest BCUT2D eigenvalue weighted by atomic mass is 79.9. The SMILES string of the molecule is Cc1ccc(NC(=O)C(C)Oc2ccc(Cl)cc2Cl)c(Br)c1. The average Bonchev–Trinajstić information content (AvgIpc) is 2.44. The smallest absolute Gasteiger partial charge is 0.265 e. The van der Waals surface area contributed by atoms with Crippen molar-refractivity contribution < 1.29 is 9.53 Å². The summed E-state index contributed by atoms with van der Waals surface area (Å²) in [4.78, 5) is 12.2. The van der Waals surface area contributed by atoms with Crippen molar-refractivity contribution in [2.75, 3.05) is 5.32 Å². The summed E-state index contributed by atoms with van der Waals surface area (Å²) >= 11 is 15.3. The van der Waals surface area contributed by atoms with Crippen molar-refractivity contribution in [3.8, 4) is 5.75 Å². The summed E-state index contributed by atoms with van der Waals surface area (Å²) in [5.74, 6) is 0.146. The molecule has 1 unspecified atom stereocenters. The maximum absolute atomic E-state index is 12.2.